The predicted octanol–water partition coefficient (Wildman–Crippen LogP) is 2.22. The minimum atomic E-state index is -1.06. The minimum Gasteiger partial charge on any atom is -0.299 e. The molecule has 1 aliphatic carbocycles. The third-order valence-electron chi connectivity index (χ3n) is 3.14. The van der Waals surface area contributed by atoms with Crippen LogP contribution in [0.15, 0.2) is 11.9 Å². The van der Waals surface area contributed by atoms with E-state index in [1.807, 2.05) is 7.05 Å². The largest absolute Gasteiger partial charge is 0.299 e. The molecule has 0 amide bonds. The molecule has 0 aromatic heterocycles. The summed E-state index contributed by atoms with van der Waals surface area (Å²) in [6.45, 7) is 0.649. The van der Waals surface area contributed by atoms with E-state index in [1.165, 1.54) is 6.08 Å². The van der Waals surface area contributed by atoms with Crippen molar-refractivity contribution in [3.8, 4) is 0 Å². The number of alkyl halides is 1. The van der Waals surface area contributed by atoms with Gasteiger partial charge < -0.3 is 0 Å². The lowest BCUT2D eigenvalue weighted by Gasteiger charge is -2.31. The molecule has 0 radical (unpaired) electrons. The second-order valence-electron chi connectivity index (χ2n) is 4.01. The van der Waals surface area contributed by atoms with Crippen molar-refractivity contribution in [1.29, 1.82) is 0 Å². The van der Waals surface area contributed by atoms with Crippen LogP contribution in [0.25, 0.3) is 0 Å². The Morgan fingerprint density at radius 2 is 2.36 bits per heavy atom. The Kier molecular flexibility index (Phi) is 2.83. The molecule has 1 heterocycles. The van der Waals surface area contributed by atoms with E-state index in [-0.39, 0.29) is 24.2 Å². The van der Waals surface area contributed by atoms with Gasteiger partial charge in [-0.2, -0.15) is 5.06 Å². The third-order valence-corrected chi connectivity index (χ3v) is 3.14. The lowest BCUT2D eigenvalue weighted by atomic mass is 9.84. The van der Waals surface area contributed by atoms with Crippen LogP contribution >= 0.6 is 0 Å². The topological polar surface area (TPSA) is 12.5 Å². The van der Waals surface area contributed by atoms with Crippen molar-refractivity contribution in [2.24, 2.45) is 5.92 Å². The molecule has 0 aromatic carbocycles. The second-order valence-corrected chi connectivity index (χ2v) is 4.01. The maximum absolute atomic E-state index is 13.6. The average molecular weight is 203 g/mol. The highest BCUT2D eigenvalue weighted by molar-refractivity contribution is 5.04. The van der Waals surface area contributed by atoms with Gasteiger partial charge in [0.05, 0.1) is 12.4 Å². The Hall–Kier alpha value is -0.480. The first-order valence-corrected chi connectivity index (χ1v) is 5.03. The Morgan fingerprint density at radius 3 is 2.93 bits per heavy atom. The van der Waals surface area contributed by atoms with Gasteiger partial charge in [0.25, 0.3) is 0 Å². The van der Waals surface area contributed by atoms with E-state index < -0.39 is 6.17 Å². The van der Waals surface area contributed by atoms with Crippen LogP contribution in [-0.4, -0.2) is 30.9 Å². The summed E-state index contributed by atoms with van der Waals surface area (Å²) in [5.41, 5.74) is 0. The summed E-state index contributed by atoms with van der Waals surface area (Å²) in [4.78, 5) is 5.25. The molecule has 14 heavy (non-hydrogen) atoms. The van der Waals surface area contributed by atoms with Crippen molar-refractivity contribution in [3.63, 3.8) is 0 Å². The summed E-state index contributed by atoms with van der Waals surface area (Å²) in [6.07, 6.45) is 1.72. The number of halogens is 2. The van der Waals surface area contributed by atoms with Crippen molar-refractivity contribution >= 4 is 0 Å². The molecule has 0 bridgehead atoms. The van der Waals surface area contributed by atoms with Gasteiger partial charge in [-0.1, -0.05) is 6.08 Å². The van der Waals surface area contributed by atoms with Gasteiger partial charge >= 0.3 is 0 Å². The highest BCUT2D eigenvalue weighted by atomic mass is 19.1. The number of hydroxylamine groups is 2. The lowest BCUT2D eigenvalue weighted by Crippen LogP contribution is -2.38. The number of hydrogen-bond acceptors (Lipinski definition) is 2. The molecule has 1 fully saturated rings. The van der Waals surface area contributed by atoms with Crippen molar-refractivity contribution in [3.05, 3.63) is 11.9 Å². The van der Waals surface area contributed by atoms with E-state index in [4.69, 9.17) is 4.84 Å². The summed E-state index contributed by atoms with van der Waals surface area (Å²) in [5.74, 6) is -0.419. The quantitative estimate of drug-likeness (QED) is 0.648. The monoisotopic (exact) mass is 203 g/mol. The Balaban J connectivity index is 2.04. The van der Waals surface area contributed by atoms with Crippen molar-refractivity contribution < 1.29 is 13.6 Å². The molecule has 0 spiro atoms. The highest BCUT2D eigenvalue weighted by Gasteiger charge is 2.37. The molecule has 3 unspecified atom stereocenters. The fraction of sp³-hybridized carbons (Fsp3) is 0.800. The predicted molar refractivity (Wildman–Crippen MR) is 48.9 cm³/mol. The number of allylic oxidation sites excluding steroid dienone is 2. The SMILES string of the molecule is CN1OCCC1C1CC=C(F)CC1F. The first-order chi connectivity index (χ1) is 6.68. The van der Waals surface area contributed by atoms with Crippen LogP contribution in [0.2, 0.25) is 0 Å². The van der Waals surface area contributed by atoms with Crippen LogP contribution in [-0.2, 0) is 4.84 Å². The van der Waals surface area contributed by atoms with Crippen LogP contribution in [0.5, 0.6) is 0 Å². The Morgan fingerprint density at radius 1 is 1.57 bits per heavy atom. The molecule has 0 aromatic rings. The molecule has 80 valence electrons. The van der Waals surface area contributed by atoms with Gasteiger partial charge in [0.15, 0.2) is 0 Å². The molecule has 2 aliphatic rings. The molecule has 2 rings (SSSR count). The summed E-state index contributed by atoms with van der Waals surface area (Å²) in [7, 11) is 1.82. The van der Waals surface area contributed by atoms with E-state index >= 15 is 0 Å². The molecular formula is C10H15F2NO. The van der Waals surface area contributed by atoms with Gasteiger partial charge in [-0.05, 0) is 12.8 Å². The molecule has 3 atom stereocenters. The number of hydrogen-bond donors (Lipinski definition) is 0. The number of nitrogens with zero attached hydrogens (tertiary/aromatic N) is 1. The van der Waals surface area contributed by atoms with E-state index in [1.54, 1.807) is 5.06 Å². The summed E-state index contributed by atoms with van der Waals surface area (Å²) in [5, 5.41) is 1.72. The lowest BCUT2D eigenvalue weighted by molar-refractivity contribution is -0.125. The summed E-state index contributed by atoms with van der Waals surface area (Å²) < 4.78 is 26.3. The molecule has 0 saturated carbocycles. The molecular weight excluding hydrogens is 188 g/mol. The van der Waals surface area contributed by atoms with E-state index in [0.717, 1.165) is 6.42 Å². The normalized spacial score (nSPS) is 39.9. The fourth-order valence-corrected chi connectivity index (χ4v) is 2.31. The fourth-order valence-electron chi connectivity index (χ4n) is 2.31. The van der Waals surface area contributed by atoms with Gasteiger partial charge in [-0.3, -0.25) is 4.84 Å². The van der Waals surface area contributed by atoms with E-state index in [0.29, 0.717) is 13.0 Å². The molecule has 2 nitrogen and oxygen atoms in total. The molecule has 1 saturated heterocycles. The van der Waals surface area contributed by atoms with Gasteiger partial charge in [0, 0.05) is 25.4 Å². The van der Waals surface area contributed by atoms with Gasteiger partial charge in [0.2, 0.25) is 0 Å². The zero-order valence-corrected chi connectivity index (χ0v) is 8.25. The first-order valence-electron chi connectivity index (χ1n) is 5.03. The smallest absolute Gasteiger partial charge is 0.111 e. The van der Waals surface area contributed by atoms with Crippen LogP contribution in [0.1, 0.15) is 19.3 Å². The van der Waals surface area contributed by atoms with Gasteiger partial charge in [-0.25, -0.2) is 8.78 Å². The molecule has 4 heteroatoms. The van der Waals surface area contributed by atoms with Gasteiger partial charge in [0.1, 0.15) is 6.17 Å². The second kappa shape index (κ2) is 3.95. The number of rotatable bonds is 1. The van der Waals surface area contributed by atoms with E-state index in [2.05, 4.69) is 0 Å². The molecule has 0 N–H and O–H groups in total. The first kappa shape index (κ1) is 10.1. The zero-order chi connectivity index (χ0) is 10.1. The molecule has 1 aliphatic heterocycles. The zero-order valence-electron chi connectivity index (χ0n) is 8.25. The maximum Gasteiger partial charge on any atom is 0.111 e. The Bertz CT molecular complexity index is 244. The minimum absolute atomic E-state index is 0.0605. The van der Waals surface area contributed by atoms with Crippen molar-refractivity contribution in [2.45, 2.75) is 31.5 Å². The van der Waals surface area contributed by atoms with Crippen LogP contribution in [0.3, 0.4) is 0 Å². The summed E-state index contributed by atoms with van der Waals surface area (Å²) in [6, 6.07) is 0.106. The van der Waals surface area contributed by atoms with E-state index in [9.17, 15) is 8.78 Å². The maximum atomic E-state index is 13.6. The third kappa shape index (κ3) is 1.81. The Labute approximate surface area is 82.5 Å². The van der Waals surface area contributed by atoms with Crippen LogP contribution in [0.4, 0.5) is 8.78 Å². The summed E-state index contributed by atoms with van der Waals surface area (Å²) >= 11 is 0. The standard InChI is InChI=1S/C10H15F2NO/c1-13-10(4-5-14-13)8-3-2-7(11)6-9(8)12/h2,8-10H,3-6H2,1H3. The van der Waals surface area contributed by atoms with Crippen molar-refractivity contribution in [2.75, 3.05) is 13.7 Å². The van der Waals surface area contributed by atoms with Crippen LogP contribution in [0, 0.1) is 5.92 Å². The highest BCUT2D eigenvalue weighted by Crippen LogP contribution is 2.34. The van der Waals surface area contributed by atoms with Crippen LogP contribution < -0.4 is 0 Å². The van der Waals surface area contributed by atoms with Gasteiger partial charge in [-0.15, -0.1) is 0 Å². The van der Waals surface area contributed by atoms with Crippen molar-refractivity contribution in [1.82, 2.24) is 5.06 Å². The average Bonchev–Trinajstić information content (AvgIpc) is 2.52.